The number of ketones is 1. The van der Waals surface area contributed by atoms with Crippen LogP contribution in [0.2, 0.25) is 0 Å². The fraction of sp³-hybridized carbons (Fsp3) is 0.467. The minimum atomic E-state index is -0.673. The fourth-order valence-corrected chi connectivity index (χ4v) is 2.82. The molecule has 0 unspecified atom stereocenters. The summed E-state index contributed by atoms with van der Waals surface area (Å²) in [6.07, 6.45) is 1.90. The number of amides is 1. The van der Waals surface area contributed by atoms with Crippen molar-refractivity contribution in [3.63, 3.8) is 0 Å². The van der Waals surface area contributed by atoms with E-state index in [1.807, 2.05) is 25.1 Å². The molecule has 1 aliphatic heterocycles. The summed E-state index contributed by atoms with van der Waals surface area (Å²) in [4.78, 5) is 25.9. The van der Waals surface area contributed by atoms with Crippen LogP contribution < -0.4 is 5.73 Å². The molecule has 1 fully saturated rings. The van der Waals surface area contributed by atoms with Crippen molar-refractivity contribution in [2.24, 2.45) is 0 Å². The molecule has 102 valence electrons. The standard InChI is InChI=1S/C15H20N2O2/c1-11(18)17-9-5-8-15(17,2)14(19)10-12-6-3-4-7-13(12)16/h3-4,6-7H,5,8-10,16H2,1-2H3/t15-/m0/s1. The smallest absolute Gasteiger partial charge is 0.220 e. The van der Waals surface area contributed by atoms with Crippen LogP contribution in [0.15, 0.2) is 24.3 Å². The average Bonchev–Trinajstić information content (AvgIpc) is 2.76. The molecule has 0 aromatic heterocycles. The second-order valence-electron chi connectivity index (χ2n) is 5.35. The number of nitrogens with two attached hydrogens (primary N) is 1. The van der Waals surface area contributed by atoms with Gasteiger partial charge in [0.05, 0.1) is 5.54 Å². The molecule has 2 rings (SSSR count). The van der Waals surface area contributed by atoms with E-state index in [9.17, 15) is 9.59 Å². The number of hydrogen-bond donors (Lipinski definition) is 1. The number of nitrogen functional groups attached to an aromatic ring is 1. The van der Waals surface area contributed by atoms with Crippen molar-refractivity contribution in [2.45, 2.75) is 38.6 Å². The van der Waals surface area contributed by atoms with Crippen LogP contribution >= 0.6 is 0 Å². The second-order valence-corrected chi connectivity index (χ2v) is 5.35. The molecule has 1 heterocycles. The molecule has 19 heavy (non-hydrogen) atoms. The summed E-state index contributed by atoms with van der Waals surface area (Å²) in [6.45, 7) is 4.05. The molecule has 4 nitrogen and oxygen atoms in total. The van der Waals surface area contributed by atoms with E-state index < -0.39 is 5.54 Å². The monoisotopic (exact) mass is 260 g/mol. The SMILES string of the molecule is CC(=O)N1CCC[C@@]1(C)C(=O)Cc1ccccc1N. The summed E-state index contributed by atoms with van der Waals surface area (Å²) in [5, 5.41) is 0. The van der Waals surface area contributed by atoms with Crippen molar-refractivity contribution in [1.82, 2.24) is 4.90 Å². The highest BCUT2D eigenvalue weighted by atomic mass is 16.2. The van der Waals surface area contributed by atoms with Gasteiger partial charge in [-0.2, -0.15) is 0 Å². The molecular formula is C15H20N2O2. The van der Waals surface area contributed by atoms with Gasteiger partial charge >= 0.3 is 0 Å². The Morgan fingerprint density at radius 2 is 2.05 bits per heavy atom. The van der Waals surface area contributed by atoms with Gasteiger partial charge in [-0.15, -0.1) is 0 Å². The lowest BCUT2D eigenvalue weighted by Crippen LogP contribution is -2.50. The van der Waals surface area contributed by atoms with Gasteiger partial charge in [-0.3, -0.25) is 9.59 Å². The highest BCUT2D eigenvalue weighted by Crippen LogP contribution is 2.31. The Morgan fingerprint density at radius 1 is 1.37 bits per heavy atom. The van der Waals surface area contributed by atoms with Gasteiger partial charge < -0.3 is 10.6 Å². The van der Waals surface area contributed by atoms with Crippen LogP contribution in [0.5, 0.6) is 0 Å². The van der Waals surface area contributed by atoms with Crippen LogP contribution in [-0.4, -0.2) is 28.7 Å². The molecule has 0 radical (unpaired) electrons. The molecule has 1 amide bonds. The van der Waals surface area contributed by atoms with Crippen molar-refractivity contribution in [3.8, 4) is 0 Å². The Kier molecular flexibility index (Phi) is 3.60. The van der Waals surface area contributed by atoms with Crippen molar-refractivity contribution in [2.75, 3.05) is 12.3 Å². The quantitative estimate of drug-likeness (QED) is 0.843. The Labute approximate surface area is 113 Å². The van der Waals surface area contributed by atoms with E-state index >= 15 is 0 Å². The summed E-state index contributed by atoms with van der Waals surface area (Å²) in [5.74, 6) is 0.0347. The van der Waals surface area contributed by atoms with Gasteiger partial charge in [-0.05, 0) is 31.4 Å². The van der Waals surface area contributed by atoms with Gasteiger partial charge in [0, 0.05) is 25.6 Å². The highest BCUT2D eigenvalue weighted by molar-refractivity contribution is 5.94. The van der Waals surface area contributed by atoms with Crippen LogP contribution in [0.3, 0.4) is 0 Å². The number of likely N-dealkylation sites (tertiary alicyclic amines) is 1. The third kappa shape index (κ3) is 2.48. The number of carbonyl (C=O) groups is 2. The lowest BCUT2D eigenvalue weighted by molar-refractivity contribution is -0.141. The molecule has 1 aliphatic rings. The Hall–Kier alpha value is -1.84. The van der Waals surface area contributed by atoms with Crippen LogP contribution in [0.25, 0.3) is 0 Å². The van der Waals surface area contributed by atoms with E-state index in [1.165, 1.54) is 6.92 Å². The van der Waals surface area contributed by atoms with E-state index in [4.69, 9.17) is 5.73 Å². The average molecular weight is 260 g/mol. The summed E-state index contributed by atoms with van der Waals surface area (Å²) in [7, 11) is 0. The first-order valence-electron chi connectivity index (χ1n) is 6.60. The minimum absolute atomic E-state index is 0.0330. The molecule has 2 N–H and O–H groups in total. The van der Waals surface area contributed by atoms with Crippen molar-refractivity contribution in [3.05, 3.63) is 29.8 Å². The zero-order chi connectivity index (χ0) is 14.0. The Balaban J connectivity index is 2.20. The lowest BCUT2D eigenvalue weighted by atomic mass is 9.88. The van der Waals surface area contributed by atoms with Gasteiger partial charge in [0.2, 0.25) is 5.91 Å². The first-order chi connectivity index (χ1) is 8.95. The third-order valence-electron chi connectivity index (χ3n) is 4.03. The lowest BCUT2D eigenvalue weighted by Gasteiger charge is -2.33. The maximum Gasteiger partial charge on any atom is 0.220 e. The number of Topliss-reactive ketones (excluding diaryl/α,β-unsaturated/α-hetero) is 1. The predicted molar refractivity (Wildman–Crippen MR) is 74.6 cm³/mol. The molecular weight excluding hydrogens is 240 g/mol. The van der Waals surface area contributed by atoms with Gasteiger partial charge in [-0.1, -0.05) is 18.2 Å². The van der Waals surface area contributed by atoms with Crippen LogP contribution in [0, 0.1) is 0 Å². The van der Waals surface area contributed by atoms with Crippen LogP contribution in [0.4, 0.5) is 5.69 Å². The van der Waals surface area contributed by atoms with Crippen molar-refractivity contribution >= 4 is 17.4 Å². The number of rotatable bonds is 3. The summed E-state index contributed by atoms with van der Waals surface area (Å²) < 4.78 is 0. The van der Waals surface area contributed by atoms with Gasteiger partial charge in [0.15, 0.2) is 5.78 Å². The molecule has 1 atom stereocenters. The van der Waals surface area contributed by atoms with Crippen molar-refractivity contribution < 1.29 is 9.59 Å². The molecule has 0 bridgehead atoms. The molecule has 4 heteroatoms. The molecule has 0 spiro atoms. The first kappa shape index (κ1) is 13.6. The predicted octanol–water partition coefficient (Wildman–Crippen LogP) is 1.78. The van der Waals surface area contributed by atoms with Gasteiger partial charge in [0.25, 0.3) is 0 Å². The minimum Gasteiger partial charge on any atom is -0.398 e. The van der Waals surface area contributed by atoms with Gasteiger partial charge in [0.1, 0.15) is 0 Å². The summed E-state index contributed by atoms with van der Waals surface area (Å²) in [6, 6.07) is 7.38. The summed E-state index contributed by atoms with van der Waals surface area (Å²) in [5.41, 5.74) is 6.67. The molecule has 0 saturated carbocycles. The fourth-order valence-electron chi connectivity index (χ4n) is 2.82. The second kappa shape index (κ2) is 5.03. The zero-order valence-electron chi connectivity index (χ0n) is 11.5. The Bertz CT molecular complexity index is 513. The molecule has 0 aliphatic carbocycles. The van der Waals surface area contributed by atoms with E-state index in [0.717, 1.165) is 18.4 Å². The number of hydrogen-bond acceptors (Lipinski definition) is 3. The third-order valence-corrected chi connectivity index (χ3v) is 4.03. The molecule has 1 saturated heterocycles. The molecule has 1 aromatic carbocycles. The van der Waals surface area contributed by atoms with E-state index in [0.29, 0.717) is 12.2 Å². The van der Waals surface area contributed by atoms with Crippen molar-refractivity contribution in [1.29, 1.82) is 0 Å². The van der Waals surface area contributed by atoms with E-state index in [2.05, 4.69) is 0 Å². The number of para-hydroxylation sites is 1. The van der Waals surface area contributed by atoms with E-state index in [-0.39, 0.29) is 18.1 Å². The number of benzene rings is 1. The topological polar surface area (TPSA) is 63.4 Å². The number of nitrogens with zero attached hydrogens (tertiary/aromatic N) is 1. The first-order valence-corrected chi connectivity index (χ1v) is 6.60. The largest absolute Gasteiger partial charge is 0.398 e. The van der Waals surface area contributed by atoms with E-state index in [1.54, 1.807) is 11.0 Å². The number of carbonyl (C=O) groups excluding carboxylic acids is 2. The van der Waals surface area contributed by atoms with Crippen LogP contribution in [0.1, 0.15) is 32.3 Å². The van der Waals surface area contributed by atoms with Crippen LogP contribution in [-0.2, 0) is 16.0 Å². The highest BCUT2D eigenvalue weighted by Gasteiger charge is 2.43. The Morgan fingerprint density at radius 3 is 2.68 bits per heavy atom. The maximum atomic E-state index is 12.6. The normalized spacial score (nSPS) is 22.5. The number of anilines is 1. The molecule has 1 aromatic rings. The summed E-state index contributed by atoms with van der Waals surface area (Å²) >= 11 is 0. The maximum absolute atomic E-state index is 12.6. The van der Waals surface area contributed by atoms with Gasteiger partial charge in [-0.25, -0.2) is 0 Å². The zero-order valence-corrected chi connectivity index (χ0v) is 11.5.